The van der Waals surface area contributed by atoms with E-state index in [2.05, 4.69) is 5.10 Å². The largest absolute Gasteiger partial charge is 0.496 e. The third-order valence-electron chi connectivity index (χ3n) is 2.77. The van der Waals surface area contributed by atoms with Gasteiger partial charge in [0.05, 0.1) is 18.9 Å². The van der Waals surface area contributed by atoms with E-state index in [9.17, 15) is 9.90 Å². The molecule has 1 amide bonds. The van der Waals surface area contributed by atoms with Crippen LogP contribution in [-0.2, 0) is 0 Å². The predicted octanol–water partition coefficient (Wildman–Crippen LogP) is 1.03. The van der Waals surface area contributed by atoms with Crippen LogP contribution >= 0.6 is 0 Å². The van der Waals surface area contributed by atoms with Gasteiger partial charge in [0.25, 0.3) is 5.91 Å². The monoisotopic (exact) mass is 261 g/mol. The van der Waals surface area contributed by atoms with Gasteiger partial charge in [-0.2, -0.15) is 5.10 Å². The lowest BCUT2D eigenvalue weighted by Gasteiger charge is -2.15. The maximum absolute atomic E-state index is 11.1. The molecule has 0 spiro atoms. The second-order valence-corrected chi connectivity index (χ2v) is 4.08. The highest BCUT2D eigenvalue weighted by atomic mass is 16.5. The van der Waals surface area contributed by atoms with Gasteiger partial charge >= 0.3 is 0 Å². The smallest absolute Gasteiger partial charge is 0.269 e. The molecule has 1 heterocycles. The minimum absolute atomic E-state index is 0.166. The van der Waals surface area contributed by atoms with E-state index in [0.717, 1.165) is 0 Å². The SMILES string of the molecule is COc1cccc(-n2ccc(C(N)=O)n2)c1[C@@H](C)O. The number of nitrogens with zero attached hydrogens (tertiary/aromatic N) is 2. The summed E-state index contributed by atoms with van der Waals surface area (Å²) in [6.07, 6.45) is 0.883. The summed E-state index contributed by atoms with van der Waals surface area (Å²) >= 11 is 0. The standard InChI is InChI=1S/C13H15N3O3/c1-8(17)12-10(4-3-5-11(12)19-2)16-7-6-9(15-16)13(14)18/h3-8,17H,1-2H3,(H2,14,18)/t8-/m1/s1. The molecule has 2 aromatic rings. The molecule has 1 atom stereocenters. The minimum atomic E-state index is -0.729. The number of carbonyl (C=O) groups is 1. The van der Waals surface area contributed by atoms with Crippen molar-refractivity contribution in [2.24, 2.45) is 5.73 Å². The Hall–Kier alpha value is -2.34. The van der Waals surface area contributed by atoms with E-state index in [0.29, 0.717) is 17.0 Å². The van der Waals surface area contributed by atoms with Gasteiger partial charge < -0.3 is 15.6 Å². The highest BCUT2D eigenvalue weighted by Gasteiger charge is 2.16. The van der Waals surface area contributed by atoms with Crippen molar-refractivity contribution in [1.82, 2.24) is 9.78 Å². The van der Waals surface area contributed by atoms with Crippen molar-refractivity contribution in [3.05, 3.63) is 41.7 Å². The van der Waals surface area contributed by atoms with E-state index >= 15 is 0 Å². The fourth-order valence-corrected chi connectivity index (χ4v) is 1.92. The highest BCUT2D eigenvalue weighted by molar-refractivity contribution is 5.90. The van der Waals surface area contributed by atoms with E-state index in [1.54, 1.807) is 31.3 Å². The number of hydrogen-bond acceptors (Lipinski definition) is 4. The number of aliphatic hydroxyl groups excluding tert-OH is 1. The average molecular weight is 261 g/mol. The van der Waals surface area contributed by atoms with E-state index in [-0.39, 0.29) is 5.69 Å². The first-order chi connectivity index (χ1) is 9.04. The lowest BCUT2D eigenvalue weighted by molar-refractivity contribution is 0.0995. The summed E-state index contributed by atoms with van der Waals surface area (Å²) in [5, 5.41) is 14.0. The fraction of sp³-hybridized carbons (Fsp3) is 0.231. The molecule has 6 heteroatoms. The Morgan fingerprint density at radius 1 is 1.47 bits per heavy atom. The van der Waals surface area contributed by atoms with Crippen LogP contribution in [0.15, 0.2) is 30.5 Å². The second kappa shape index (κ2) is 5.11. The van der Waals surface area contributed by atoms with Crippen molar-refractivity contribution in [1.29, 1.82) is 0 Å². The quantitative estimate of drug-likeness (QED) is 0.860. The Kier molecular flexibility index (Phi) is 3.52. The maximum atomic E-state index is 11.1. The van der Waals surface area contributed by atoms with Crippen molar-refractivity contribution >= 4 is 5.91 Å². The lowest BCUT2D eigenvalue weighted by atomic mass is 10.1. The molecule has 2 rings (SSSR count). The topological polar surface area (TPSA) is 90.4 Å². The Morgan fingerprint density at radius 2 is 2.21 bits per heavy atom. The highest BCUT2D eigenvalue weighted by Crippen LogP contribution is 2.30. The number of benzene rings is 1. The van der Waals surface area contributed by atoms with Crippen LogP contribution in [0.25, 0.3) is 5.69 Å². The first-order valence-corrected chi connectivity index (χ1v) is 5.75. The molecule has 0 aliphatic heterocycles. The molecule has 1 aromatic heterocycles. The van der Waals surface area contributed by atoms with Crippen LogP contribution in [0.4, 0.5) is 0 Å². The number of carbonyl (C=O) groups excluding carboxylic acids is 1. The molecular formula is C13H15N3O3. The summed E-state index contributed by atoms with van der Waals surface area (Å²) in [5.41, 5.74) is 6.58. The summed E-state index contributed by atoms with van der Waals surface area (Å²) in [7, 11) is 1.53. The average Bonchev–Trinajstić information content (AvgIpc) is 2.87. The van der Waals surface area contributed by atoms with Gasteiger partial charge in [-0.05, 0) is 25.1 Å². The van der Waals surface area contributed by atoms with Gasteiger partial charge in [-0.1, -0.05) is 6.07 Å². The van der Waals surface area contributed by atoms with Crippen LogP contribution in [0.5, 0.6) is 5.75 Å². The van der Waals surface area contributed by atoms with Gasteiger partial charge in [-0.25, -0.2) is 4.68 Å². The second-order valence-electron chi connectivity index (χ2n) is 4.08. The third kappa shape index (κ3) is 2.43. The molecular weight excluding hydrogens is 246 g/mol. The molecule has 0 unspecified atom stereocenters. The molecule has 0 bridgehead atoms. The molecule has 100 valence electrons. The van der Waals surface area contributed by atoms with Crippen molar-refractivity contribution in [2.45, 2.75) is 13.0 Å². The van der Waals surface area contributed by atoms with Crippen LogP contribution in [0.1, 0.15) is 29.1 Å². The molecule has 0 saturated carbocycles. The number of primary amides is 1. The Morgan fingerprint density at radius 3 is 2.74 bits per heavy atom. The number of amides is 1. The first-order valence-electron chi connectivity index (χ1n) is 5.75. The maximum Gasteiger partial charge on any atom is 0.269 e. The summed E-state index contributed by atoms with van der Waals surface area (Å²) in [6, 6.07) is 6.84. The zero-order valence-electron chi connectivity index (χ0n) is 10.7. The fourth-order valence-electron chi connectivity index (χ4n) is 1.92. The van der Waals surface area contributed by atoms with E-state index in [4.69, 9.17) is 10.5 Å². The molecule has 6 nitrogen and oxygen atoms in total. The van der Waals surface area contributed by atoms with Gasteiger partial charge in [-0.3, -0.25) is 4.79 Å². The number of methoxy groups -OCH3 is 1. The Labute approximate surface area is 110 Å². The van der Waals surface area contributed by atoms with Crippen LogP contribution in [0.3, 0.4) is 0 Å². The molecule has 3 N–H and O–H groups in total. The molecule has 0 aliphatic rings. The summed E-state index contributed by atoms with van der Waals surface area (Å²) in [4.78, 5) is 11.1. The predicted molar refractivity (Wildman–Crippen MR) is 69.3 cm³/mol. The number of aliphatic hydroxyl groups is 1. The van der Waals surface area contributed by atoms with Gasteiger partial charge in [-0.15, -0.1) is 0 Å². The molecule has 0 fully saturated rings. The summed E-state index contributed by atoms with van der Waals surface area (Å²) in [6.45, 7) is 1.64. The normalized spacial score (nSPS) is 12.2. The van der Waals surface area contributed by atoms with Crippen molar-refractivity contribution in [3.63, 3.8) is 0 Å². The molecule has 19 heavy (non-hydrogen) atoms. The van der Waals surface area contributed by atoms with Gasteiger partial charge in [0.1, 0.15) is 11.4 Å². The zero-order valence-corrected chi connectivity index (χ0v) is 10.7. The summed E-state index contributed by atoms with van der Waals surface area (Å²) in [5.74, 6) is -0.0381. The van der Waals surface area contributed by atoms with E-state index < -0.39 is 12.0 Å². The number of ether oxygens (including phenoxy) is 1. The van der Waals surface area contributed by atoms with Crippen LogP contribution < -0.4 is 10.5 Å². The van der Waals surface area contributed by atoms with Crippen molar-refractivity contribution < 1.29 is 14.6 Å². The lowest BCUT2D eigenvalue weighted by Crippen LogP contribution is -2.13. The first kappa shape index (κ1) is 13.1. The zero-order chi connectivity index (χ0) is 14.0. The van der Waals surface area contributed by atoms with E-state index in [1.807, 2.05) is 0 Å². The third-order valence-corrected chi connectivity index (χ3v) is 2.77. The molecule has 0 radical (unpaired) electrons. The van der Waals surface area contributed by atoms with Gasteiger partial charge in [0.2, 0.25) is 0 Å². The van der Waals surface area contributed by atoms with Crippen LogP contribution in [0, 0.1) is 0 Å². The van der Waals surface area contributed by atoms with Crippen LogP contribution in [0.2, 0.25) is 0 Å². The van der Waals surface area contributed by atoms with Crippen molar-refractivity contribution in [2.75, 3.05) is 7.11 Å². The van der Waals surface area contributed by atoms with Crippen molar-refractivity contribution in [3.8, 4) is 11.4 Å². The number of hydrogen-bond donors (Lipinski definition) is 2. The minimum Gasteiger partial charge on any atom is -0.496 e. The number of rotatable bonds is 4. The number of nitrogens with two attached hydrogens (primary N) is 1. The van der Waals surface area contributed by atoms with Crippen LogP contribution in [-0.4, -0.2) is 27.9 Å². The Balaban J connectivity index is 2.57. The van der Waals surface area contributed by atoms with Gasteiger partial charge in [0, 0.05) is 11.8 Å². The molecule has 1 aromatic carbocycles. The Bertz CT molecular complexity index is 605. The summed E-state index contributed by atoms with van der Waals surface area (Å²) < 4.78 is 6.72. The van der Waals surface area contributed by atoms with Gasteiger partial charge in [0.15, 0.2) is 0 Å². The number of aromatic nitrogens is 2. The van der Waals surface area contributed by atoms with E-state index in [1.165, 1.54) is 17.9 Å². The molecule has 0 aliphatic carbocycles. The molecule has 0 saturated heterocycles.